The van der Waals surface area contributed by atoms with Crippen molar-refractivity contribution in [3.8, 4) is 0 Å². The number of likely N-dealkylation sites (tertiary alicyclic amines) is 1. The molecule has 0 bridgehead atoms. The Balaban J connectivity index is 2.00. The molecule has 0 radical (unpaired) electrons. The number of nitro groups is 1. The van der Waals surface area contributed by atoms with Gasteiger partial charge in [-0.25, -0.2) is 0 Å². The van der Waals surface area contributed by atoms with Crippen molar-refractivity contribution in [1.29, 1.82) is 0 Å². The highest BCUT2D eigenvalue weighted by Gasteiger charge is 2.43. The molecule has 23 heavy (non-hydrogen) atoms. The van der Waals surface area contributed by atoms with E-state index in [1.165, 1.54) is 31.2 Å². The zero-order chi connectivity index (χ0) is 16.7. The molecule has 1 aromatic carbocycles. The van der Waals surface area contributed by atoms with Crippen LogP contribution < -0.4 is 0 Å². The topological polar surface area (TPSA) is 46.4 Å². The maximum Gasteiger partial charge on any atom is 0.229 e. The summed E-state index contributed by atoms with van der Waals surface area (Å²) in [5.41, 5.74) is 1.26. The predicted molar refractivity (Wildman–Crippen MR) is 94.1 cm³/mol. The quantitative estimate of drug-likeness (QED) is 0.372. The molecular weight excluding hydrogens is 288 g/mol. The number of benzene rings is 1. The van der Waals surface area contributed by atoms with E-state index in [9.17, 15) is 10.1 Å². The van der Waals surface area contributed by atoms with Crippen molar-refractivity contribution in [3.63, 3.8) is 0 Å². The van der Waals surface area contributed by atoms with Crippen LogP contribution in [0.1, 0.15) is 70.4 Å². The van der Waals surface area contributed by atoms with Gasteiger partial charge in [-0.2, -0.15) is 0 Å². The molecule has 128 valence electrons. The Labute approximate surface area is 140 Å². The highest BCUT2D eigenvalue weighted by molar-refractivity contribution is 5.19. The minimum atomic E-state index is -0.396. The Bertz CT molecular complexity index is 478. The summed E-state index contributed by atoms with van der Waals surface area (Å²) in [5, 5.41) is 11.4. The van der Waals surface area contributed by atoms with Crippen molar-refractivity contribution >= 4 is 0 Å². The highest BCUT2D eigenvalue weighted by Crippen LogP contribution is 2.33. The molecule has 1 aromatic rings. The maximum atomic E-state index is 11.4. The van der Waals surface area contributed by atoms with E-state index in [1.807, 2.05) is 18.2 Å². The zero-order valence-corrected chi connectivity index (χ0v) is 14.5. The first-order chi connectivity index (χ1) is 11.1. The molecule has 0 aromatic heterocycles. The van der Waals surface area contributed by atoms with Crippen LogP contribution in [-0.4, -0.2) is 28.5 Å². The molecule has 0 N–H and O–H groups in total. The van der Waals surface area contributed by atoms with E-state index in [2.05, 4.69) is 30.9 Å². The Morgan fingerprint density at radius 3 is 2.57 bits per heavy atom. The summed E-state index contributed by atoms with van der Waals surface area (Å²) >= 11 is 0. The van der Waals surface area contributed by atoms with Gasteiger partial charge in [-0.05, 0) is 18.9 Å². The van der Waals surface area contributed by atoms with E-state index < -0.39 is 6.04 Å². The summed E-state index contributed by atoms with van der Waals surface area (Å²) in [5.74, 6) is 0. The van der Waals surface area contributed by atoms with Crippen LogP contribution in [0.3, 0.4) is 0 Å². The Morgan fingerprint density at radius 1 is 1.22 bits per heavy atom. The van der Waals surface area contributed by atoms with Crippen LogP contribution in [0.5, 0.6) is 0 Å². The monoisotopic (exact) mass is 318 g/mol. The fourth-order valence-corrected chi connectivity index (χ4v) is 3.83. The van der Waals surface area contributed by atoms with Crippen molar-refractivity contribution in [2.45, 2.75) is 76.9 Å². The number of nitrogens with zero attached hydrogens (tertiary/aromatic N) is 2. The lowest BCUT2D eigenvalue weighted by molar-refractivity contribution is -0.525. The summed E-state index contributed by atoms with van der Waals surface area (Å²) in [6.07, 6.45) is 7.69. The van der Waals surface area contributed by atoms with Gasteiger partial charge in [-0.3, -0.25) is 15.0 Å². The van der Waals surface area contributed by atoms with Crippen LogP contribution in [0, 0.1) is 10.1 Å². The second kappa shape index (κ2) is 9.02. The van der Waals surface area contributed by atoms with Gasteiger partial charge in [0.25, 0.3) is 0 Å². The molecular formula is C19H30N2O2. The van der Waals surface area contributed by atoms with Gasteiger partial charge in [0.15, 0.2) is 0 Å². The molecule has 3 atom stereocenters. The molecule has 0 saturated carbocycles. The third kappa shape index (κ3) is 4.77. The zero-order valence-electron chi connectivity index (χ0n) is 14.5. The standard InChI is InChI=1S/C19H30N2O2/c1-3-4-5-6-10-13-18-19(21(22)23)14-15-20(18)16(2)17-11-8-7-9-12-17/h7-9,11-12,16,18-19H,3-6,10,13-15H2,1-2H3/t16-,18+,19-/m0/s1. The van der Waals surface area contributed by atoms with Crippen LogP contribution in [0.2, 0.25) is 0 Å². The molecule has 2 rings (SSSR count). The molecule has 1 aliphatic rings. The predicted octanol–water partition coefficient (Wildman–Crippen LogP) is 4.83. The third-order valence-corrected chi connectivity index (χ3v) is 5.21. The van der Waals surface area contributed by atoms with Crippen molar-refractivity contribution in [3.05, 3.63) is 46.0 Å². The molecule has 1 saturated heterocycles. The molecule has 4 nitrogen and oxygen atoms in total. The average molecular weight is 318 g/mol. The minimum Gasteiger partial charge on any atom is -0.287 e. The summed E-state index contributed by atoms with van der Waals surface area (Å²) in [7, 11) is 0. The summed E-state index contributed by atoms with van der Waals surface area (Å²) in [6.45, 7) is 5.23. The fraction of sp³-hybridized carbons (Fsp3) is 0.684. The second-order valence-corrected chi connectivity index (χ2v) is 6.74. The first-order valence-electron chi connectivity index (χ1n) is 9.09. The van der Waals surface area contributed by atoms with Gasteiger partial charge in [0, 0.05) is 23.9 Å². The first kappa shape index (κ1) is 17.9. The van der Waals surface area contributed by atoms with Crippen molar-refractivity contribution in [2.75, 3.05) is 6.54 Å². The van der Waals surface area contributed by atoms with Gasteiger partial charge < -0.3 is 0 Å². The number of hydrogen-bond acceptors (Lipinski definition) is 3. The van der Waals surface area contributed by atoms with E-state index in [-0.39, 0.29) is 17.0 Å². The van der Waals surface area contributed by atoms with E-state index in [0.717, 1.165) is 19.4 Å². The molecule has 0 unspecified atom stereocenters. The van der Waals surface area contributed by atoms with Crippen LogP contribution in [0.25, 0.3) is 0 Å². The number of rotatable bonds is 9. The molecule has 1 heterocycles. The van der Waals surface area contributed by atoms with E-state index in [0.29, 0.717) is 6.42 Å². The van der Waals surface area contributed by atoms with E-state index in [4.69, 9.17) is 0 Å². The molecule has 0 spiro atoms. The van der Waals surface area contributed by atoms with Gasteiger partial charge in [-0.15, -0.1) is 0 Å². The van der Waals surface area contributed by atoms with Crippen LogP contribution in [-0.2, 0) is 0 Å². The Kier molecular flexibility index (Phi) is 7.03. The lowest BCUT2D eigenvalue weighted by atomic mass is 9.99. The lowest BCUT2D eigenvalue weighted by Crippen LogP contribution is -2.40. The van der Waals surface area contributed by atoms with E-state index in [1.54, 1.807) is 0 Å². The smallest absolute Gasteiger partial charge is 0.229 e. The van der Waals surface area contributed by atoms with Gasteiger partial charge in [0.2, 0.25) is 6.04 Å². The van der Waals surface area contributed by atoms with E-state index >= 15 is 0 Å². The molecule has 4 heteroatoms. The largest absolute Gasteiger partial charge is 0.287 e. The Hall–Kier alpha value is -1.42. The molecule has 1 aliphatic heterocycles. The van der Waals surface area contributed by atoms with Gasteiger partial charge in [-0.1, -0.05) is 69.4 Å². The van der Waals surface area contributed by atoms with Crippen LogP contribution >= 0.6 is 0 Å². The van der Waals surface area contributed by atoms with Crippen LogP contribution in [0.15, 0.2) is 30.3 Å². The van der Waals surface area contributed by atoms with Crippen molar-refractivity contribution in [2.24, 2.45) is 0 Å². The first-order valence-corrected chi connectivity index (χ1v) is 9.09. The molecule has 1 fully saturated rings. The van der Waals surface area contributed by atoms with Crippen LogP contribution in [0.4, 0.5) is 0 Å². The summed E-state index contributed by atoms with van der Waals surface area (Å²) < 4.78 is 0. The van der Waals surface area contributed by atoms with Gasteiger partial charge >= 0.3 is 0 Å². The van der Waals surface area contributed by atoms with Gasteiger partial charge in [0.05, 0.1) is 6.04 Å². The molecule has 0 amide bonds. The average Bonchev–Trinajstić information content (AvgIpc) is 2.99. The SMILES string of the molecule is CCCCCCC[C@@H]1[C@@H]([N+](=O)[O-])CCN1[C@@H](C)c1ccccc1. The third-order valence-electron chi connectivity index (χ3n) is 5.21. The Morgan fingerprint density at radius 2 is 1.91 bits per heavy atom. The fourth-order valence-electron chi connectivity index (χ4n) is 3.83. The summed E-state index contributed by atoms with van der Waals surface area (Å²) in [4.78, 5) is 13.7. The number of hydrogen-bond donors (Lipinski definition) is 0. The maximum absolute atomic E-state index is 11.4. The second-order valence-electron chi connectivity index (χ2n) is 6.74. The lowest BCUT2D eigenvalue weighted by Gasteiger charge is -2.31. The summed E-state index contributed by atoms with van der Waals surface area (Å²) in [6, 6.07) is 10.3. The number of unbranched alkanes of at least 4 members (excludes halogenated alkanes) is 4. The van der Waals surface area contributed by atoms with Crippen molar-refractivity contribution < 1.29 is 4.92 Å². The highest BCUT2D eigenvalue weighted by atomic mass is 16.6. The van der Waals surface area contributed by atoms with Gasteiger partial charge in [0.1, 0.15) is 0 Å². The minimum absolute atomic E-state index is 0.0472. The molecule has 0 aliphatic carbocycles. The van der Waals surface area contributed by atoms with Crippen molar-refractivity contribution in [1.82, 2.24) is 4.90 Å². The normalized spacial score (nSPS) is 23.0.